The third-order valence-corrected chi connectivity index (χ3v) is 2.60. The minimum absolute atomic E-state index is 0.0197. The van der Waals surface area contributed by atoms with Crippen LogP contribution in [0.4, 0.5) is 10.1 Å². The molecule has 0 aliphatic heterocycles. The van der Waals surface area contributed by atoms with Crippen LogP contribution in [-0.4, -0.2) is 23.6 Å². The molecule has 0 heterocycles. The predicted molar refractivity (Wildman–Crippen MR) is 81.2 cm³/mol. The van der Waals surface area contributed by atoms with E-state index < -0.39 is 17.7 Å². The van der Waals surface area contributed by atoms with Gasteiger partial charge in [-0.05, 0) is 30.8 Å². The Morgan fingerprint density at radius 2 is 2.00 bits per heavy atom. The fraction of sp³-hybridized carbons (Fsp3) is 0.357. The van der Waals surface area contributed by atoms with Gasteiger partial charge in [-0.25, -0.2) is 4.39 Å². The van der Waals surface area contributed by atoms with E-state index in [1.165, 1.54) is 12.1 Å². The van der Waals surface area contributed by atoms with E-state index in [9.17, 15) is 14.0 Å². The van der Waals surface area contributed by atoms with Crippen LogP contribution in [0.25, 0.3) is 0 Å². The van der Waals surface area contributed by atoms with Crippen LogP contribution in [0, 0.1) is 5.82 Å². The van der Waals surface area contributed by atoms with E-state index in [0.29, 0.717) is 6.61 Å². The van der Waals surface area contributed by atoms with Gasteiger partial charge in [0.25, 0.3) is 0 Å². The van der Waals surface area contributed by atoms with E-state index in [-0.39, 0.29) is 23.6 Å². The summed E-state index contributed by atoms with van der Waals surface area (Å²) in [6, 6.07) is 5.95. The minimum Gasteiger partial charge on any atom is -0.466 e. The number of carbonyl (C=O) groups is 2. The summed E-state index contributed by atoms with van der Waals surface area (Å²) < 4.78 is 18.2. The van der Waals surface area contributed by atoms with Crippen molar-refractivity contribution in [1.82, 2.24) is 5.32 Å². The molecule has 2 N–H and O–H groups in total. The lowest BCUT2D eigenvalue weighted by Gasteiger charge is -2.10. The van der Waals surface area contributed by atoms with Crippen LogP contribution in [0.2, 0.25) is 0 Å². The Morgan fingerprint density at radius 3 is 2.67 bits per heavy atom. The molecular formula is C14H17FN2O3S. The van der Waals surface area contributed by atoms with E-state index in [2.05, 4.69) is 10.6 Å². The lowest BCUT2D eigenvalue weighted by atomic mass is 10.3. The molecule has 114 valence electrons. The van der Waals surface area contributed by atoms with Gasteiger partial charge in [0, 0.05) is 6.42 Å². The summed E-state index contributed by atoms with van der Waals surface area (Å²) in [7, 11) is 0. The summed E-state index contributed by atoms with van der Waals surface area (Å²) in [4.78, 5) is 22.8. The normalized spacial score (nSPS) is 9.81. The highest BCUT2D eigenvalue weighted by Gasteiger charge is 2.10. The van der Waals surface area contributed by atoms with Crippen molar-refractivity contribution in [3.63, 3.8) is 0 Å². The van der Waals surface area contributed by atoms with E-state index in [1.807, 2.05) is 6.92 Å². The fourth-order valence-corrected chi connectivity index (χ4v) is 1.63. The first-order valence-corrected chi connectivity index (χ1v) is 6.94. The summed E-state index contributed by atoms with van der Waals surface area (Å²) >= 11 is 4.90. The van der Waals surface area contributed by atoms with Gasteiger partial charge >= 0.3 is 5.97 Å². The minimum atomic E-state index is -0.475. The number of carbonyl (C=O) groups excluding carboxylic acids is 2. The van der Waals surface area contributed by atoms with Crippen LogP contribution >= 0.6 is 12.2 Å². The number of benzene rings is 1. The van der Waals surface area contributed by atoms with Crippen molar-refractivity contribution >= 4 is 34.9 Å². The third-order valence-electron chi connectivity index (χ3n) is 2.40. The molecule has 0 aromatic heterocycles. The Labute approximate surface area is 127 Å². The van der Waals surface area contributed by atoms with Gasteiger partial charge in [0.1, 0.15) is 5.82 Å². The smallest absolute Gasteiger partial charge is 0.306 e. The summed E-state index contributed by atoms with van der Waals surface area (Å²) in [5.41, 5.74) is 0.171. The monoisotopic (exact) mass is 312 g/mol. The van der Waals surface area contributed by atoms with Gasteiger partial charge in [-0.1, -0.05) is 19.1 Å². The standard InChI is InChI=1S/C14H17FN2O3S/c1-2-9-20-13(19)8-7-12(18)17-14(21)16-11-6-4-3-5-10(11)15/h3-6H,2,7-9H2,1H3,(H2,16,17,18,21). The molecule has 0 atom stereocenters. The van der Waals surface area contributed by atoms with Crippen LogP contribution in [0.15, 0.2) is 24.3 Å². The molecule has 0 saturated carbocycles. The Morgan fingerprint density at radius 1 is 1.29 bits per heavy atom. The SMILES string of the molecule is CCCOC(=O)CCC(=O)NC(=S)Nc1ccccc1F. The number of hydrogen-bond donors (Lipinski definition) is 2. The van der Waals surface area contributed by atoms with Gasteiger partial charge in [-0.3, -0.25) is 9.59 Å². The molecule has 0 radical (unpaired) electrons. The molecule has 5 nitrogen and oxygen atoms in total. The number of nitrogens with one attached hydrogen (secondary N) is 2. The second-order valence-corrected chi connectivity index (χ2v) is 4.61. The number of esters is 1. The second kappa shape index (κ2) is 9.02. The van der Waals surface area contributed by atoms with Crippen LogP contribution in [-0.2, 0) is 14.3 Å². The van der Waals surface area contributed by atoms with Gasteiger partial charge in [-0.2, -0.15) is 0 Å². The number of hydrogen-bond acceptors (Lipinski definition) is 4. The number of amides is 1. The van der Waals surface area contributed by atoms with Crippen molar-refractivity contribution in [2.45, 2.75) is 26.2 Å². The maximum Gasteiger partial charge on any atom is 0.306 e. The van der Waals surface area contributed by atoms with E-state index in [4.69, 9.17) is 17.0 Å². The highest BCUT2D eigenvalue weighted by Crippen LogP contribution is 2.11. The molecular weight excluding hydrogens is 295 g/mol. The largest absolute Gasteiger partial charge is 0.466 e. The number of rotatable bonds is 6. The van der Waals surface area contributed by atoms with Crippen molar-refractivity contribution in [2.24, 2.45) is 0 Å². The molecule has 1 aromatic rings. The second-order valence-electron chi connectivity index (χ2n) is 4.20. The first-order valence-electron chi connectivity index (χ1n) is 6.54. The van der Waals surface area contributed by atoms with Crippen molar-refractivity contribution in [1.29, 1.82) is 0 Å². The molecule has 1 amide bonds. The Hall–Kier alpha value is -2.02. The van der Waals surface area contributed by atoms with Crippen molar-refractivity contribution in [3.8, 4) is 0 Å². The zero-order chi connectivity index (χ0) is 15.7. The lowest BCUT2D eigenvalue weighted by Crippen LogP contribution is -2.34. The Kier molecular flexibility index (Phi) is 7.31. The first-order chi connectivity index (χ1) is 10.0. The highest BCUT2D eigenvalue weighted by molar-refractivity contribution is 7.80. The molecule has 7 heteroatoms. The van der Waals surface area contributed by atoms with Crippen LogP contribution in [0.5, 0.6) is 0 Å². The zero-order valence-electron chi connectivity index (χ0n) is 11.6. The number of ether oxygens (including phenoxy) is 1. The Bertz CT molecular complexity index is 523. The Balaban J connectivity index is 2.33. The third kappa shape index (κ3) is 6.80. The predicted octanol–water partition coefficient (Wildman–Crippen LogP) is 2.37. The van der Waals surface area contributed by atoms with E-state index in [0.717, 1.165) is 6.42 Å². The molecule has 1 aromatic carbocycles. The first kappa shape index (κ1) is 17.0. The van der Waals surface area contributed by atoms with Gasteiger partial charge in [-0.15, -0.1) is 0 Å². The fourth-order valence-electron chi connectivity index (χ4n) is 1.41. The molecule has 21 heavy (non-hydrogen) atoms. The van der Waals surface area contributed by atoms with Crippen LogP contribution in [0.1, 0.15) is 26.2 Å². The quantitative estimate of drug-likeness (QED) is 0.623. The average Bonchev–Trinajstić information content (AvgIpc) is 2.45. The van der Waals surface area contributed by atoms with Gasteiger partial charge < -0.3 is 15.4 Å². The number of para-hydroxylation sites is 1. The molecule has 0 bridgehead atoms. The molecule has 0 fully saturated rings. The molecule has 0 spiro atoms. The molecule has 1 rings (SSSR count). The van der Waals surface area contributed by atoms with E-state index in [1.54, 1.807) is 12.1 Å². The molecule has 0 saturated heterocycles. The van der Waals surface area contributed by atoms with Crippen LogP contribution < -0.4 is 10.6 Å². The number of halogens is 1. The molecule has 0 aliphatic rings. The van der Waals surface area contributed by atoms with E-state index >= 15 is 0 Å². The maximum atomic E-state index is 13.4. The summed E-state index contributed by atoms with van der Waals surface area (Å²) in [6.07, 6.45) is 0.671. The zero-order valence-corrected chi connectivity index (χ0v) is 12.5. The van der Waals surface area contributed by atoms with Crippen molar-refractivity contribution < 1.29 is 18.7 Å². The summed E-state index contributed by atoms with van der Waals surface area (Å²) in [6.45, 7) is 2.22. The van der Waals surface area contributed by atoms with Gasteiger partial charge in [0.05, 0.1) is 18.7 Å². The average molecular weight is 312 g/mol. The lowest BCUT2D eigenvalue weighted by molar-refractivity contribution is -0.144. The number of anilines is 1. The summed E-state index contributed by atoms with van der Waals surface area (Å²) in [5, 5.41) is 4.92. The van der Waals surface area contributed by atoms with Crippen molar-refractivity contribution in [2.75, 3.05) is 11.9 Å². The topological polar surface area (TPSA) is 67.4 Å². The summed E-state index contributed by atoms with van der Waals surface area (Å²) in [5.74, 6) is -1.34. The maximum absolute atomic E-state index is 13.4. The highest BCUT2D eigenvalue weighted by atomic mass is 32.1. The van der Waals surface area contributed by atoms with Crippen molar-refractivity contribution in [3.05, 3.63) is 30.1 Å². The van der Waals surface area contributed by atoms with Crippen LogP contribution in [0.3, 0.4) is 0 Å². The molecule has 0 unspecified atom stereocenters. The van der Waals surface area contributed by atoms with Gasteiger partial charge in [0.2, 0.25) is 5.91 Å². The number of thiocarbonyl (C=S) groups is 1. The molecule has 0 aliphatic carbocycles. The van der Waals surface area contributed by atoms with Gasteiger partial charge in [0.15, 0.2) is 5.11 Å².